The third-order valence-electron chi connectivity index (χ3n) is 2.32. The topological polar surface area (TPSA) is 58.9 Å². The van der Waals surface area contributed by atoms with Crippen LogP contribution in [0.1, 0.15) is 53.9 Å². The van der Waals surface area contributed by atoms with Crippen molar-refractivity contribution in [2.75, 3.05) is 7.11 Å². The van der Waals surface area contributed by atoms with E-state index in [2.05, 4.69) is 16.8 Å². The molecular formula is C12H27NO3. The number of hydrogen-bond donors (Lipinski definition) is 1. The van der Waals surface area contributed by atoms with Gasteiger partial charge < -0.3 is 9.84 Å². The number of rotatable bonds is 2. The van der Waals surface area contributed by atoms with Crippen LogP contribution in [0.2, 0.25) is 0 Å². The Morgan fingerprint density at radius 2 is 1.75 bits per heavy atom. The highest BCUT2D eigenvalue weighted by atomic mass is 16.6. The van der Waals surface area contributed by atoms with Crippen molar-refractivity contribution >= 4 is 0 Å². The molecule has 4 heteroatoms. The van der Waals surface area contributed by atoms with E-state index < -0.39 is 5.79 Å². The zero-order valence-electron chi connectivity index (χ0n) is 11.5. The van der Waals surface area contributed by atoms with E-state index in [4.69, 9.17) is 5.11 Å². The number of hydrogen-bond acceptors (Lipinski definition) is 4. The van der Waals surface area contributed by atoms with E-state index in [0.29, 0.717) is 0 Å². The summed E-state index contributed by atoms with van der Waals surface area (Å²) in [5, 5.41) is 11.6. The summed E-state index contributed by atoms with van der Waals surface area (Å²) < 4.78 is 4.49. The van der Waals surface area contributed by atoms with Gasteiger partial charge in [-0.05, 0) is 39.0 Å². The highest BCUT2D eigenvalue weighted by Crippen LogP contribution is 2.26. The molecule has 16 heavy (non-hydrogen) atoms. The lowest BCUT2D eigenvalue weighted by molar-refractivity contribution is -0.155. The van der Waals surface area contributed by atoms with Gasteiger partial charge in [-0.25, -0.2) is 0 Å². The molecule has 0 radical (unpaired) electrons. The van der Waals surface area contributed by atoms with Gasteiger partial charge in [0.1, 0.15) is 0 Å². The minimum atomic E-state index is -0.958. The van der Waals surface area contributed by atoms with Crippen molar-refractivity contribution < 1.29 is 9.84 Å². The van der Waals surface area contributed by atoms with Crippen LogP contribution < -0.4 is 0 Å². The van der Waals surface area contributed by atoms with Gasteiger partial charge in [0.25, 0.3) is 0 Å². The largest absolute Gasteiger partial charge is 0.366 e. The molecule has 2 atom stereocenters. The second-order valence-electron chi connectivity index (χ2n) is 4.33. The predicted octanol–water partition coefficient (Wildman–Crippen LogP) is 3.33. The fourth-order valence-electron chi connectivity index (χ4n) is 1.27. The molecule has 0 amide bonds. The molecule has 0 saturated heterocycles. The first-order valence-corrected chi connectivity index (χ1v) is 5.99. The third kappa shape index (κ3) is 11.6. The summed E-state index contributed by atoms with van der Waals surface area (Å²) in [6.45, 7) is 9.32. The Kier molecular flexibility index (Phi) is 10.9. The van der Waals surface area contributed by atoms with Crippen molar-refractivity contribution in [1.29, 1.82) is 0 Å². The standard InChI is InChI=1S/C6H11NO.C4H10O2.C2H6/c1-5-2-3-6(4-5)7-8;1-4(2,5)6-3;1-2/h5-6H,2-4H2,1H3;5H,1-3H3;1-2H3. The van der Waals surface area contributed by atoms with Crippen molar-refractivity contribution in [1.82, 2.24) is 0 Å². The summed E-state index contributed by atoms with van der Waals surface area (Å²) in [5.41, 5.74) is 0. The normalized spacial score (nSPS) is 23.7. The molecule has 1 rings (SSSR count). The molecule has 1 aliphatic rings. The van der Waals surface area contributed by atoms with Crippen molar-refractivity contribution in [3.63, 3.8) is 0 Å². The Morgan fingerprint density at radius 3 is 1.88 bits per heavy atom. The van der Waals surface area contributed by atoms with Crippen molar-refractivity contribution in [3.8, 4) is 0 Å². The minimum Gasteiger partial charge on any atom is -0.366 e. The fraction of sp³-hybridized carbons (Fsp3) is 1.00. The van der Waals surface area contributed by atoms with E-state index in [-0.39, 0.29) is 6.04 Å². The number of ether oxygens (including phenoxy) is 1. The zero-order chi connectivity index (χ0) is 13.2. The van der Waals surface area contributed by atoms with Gasteiger partial charge in [0.15, 0.2) is 5.79 Å². The van der Waals surface area contributed by atoms with Crippen LogP contribution in [0.25, 0.3) is 0 Å². The summed E-state index contributed by atoms with van der Waals surface area (Å²) in [5.74, 6) is -0.224. The molecule has 0 spiro atoms. The van der Waals surface area contributed by atoms with Crippen LogP contribution in [-0.2, 0) is 4.74 Å². The SMILES string of the molecule is CC.CC1CCC(N=O)C1.COC(C)(C)O. The van der Waals surface area contributed by atoms with Gasteiger partial charge in [0.05, 0.1) is 6.04 Å². The summed E-state index contributed by atoms with van der Waals surface area (Å²) in [6, 6.07) is 0.144. The Hall–Kier alpha value is -0.480. The van der Waals surface area contributed by atoms with E-state index in [1.165, 1.54) is 13.5 Å². The maximum Gasteiger partial charge on any atom is 0.159 e. The van der Waals surface area contributed by atoms with Gasteiger partial charge in [0, 0.05) is 7.11 Å². The molecule has 0 aromatic carbocycles. The van der Waals surface area contributed by atoms with Gasteiger partial charge in [-0.15, -0.1) is 0 Å². The molecule has 0 bridgehead atoms. The second kappa shape index (κ2) is 9.73. The van der Waals surface area contributed by atoms with Crippen LogP contribution >= 0.6 is 0 Å². The van der Waals surface area contributed by atoms with Crippen LogP contribution in [0, 0.1) is 10.8 Å². The lowest BCUT2D eigenvalue weighted by atomic mass is 10.1. The average molecular weight is 233 g/mol. The molecule has 98 valence electrons. The molecule has 2 unspecified atom stereocenters. The van der Waals surface area contributed by atoms with Crippen LogP contribution in [0.3, 0.4) is 0 Å². The molecule has 1 fully saturated rings. The molecular weight excluding hydrogens is 206 g/mol. The Bertz CT molecular complexity index is 166. The van der Waals surface area contributed by atoms with E-state index in [1.54, 1.807) is 13.8 Å². The molecule has 0 aromatic rings. The highest BCUT2D eigenvalue weighted by Gasteiger charge is 2.21. The minimum absolute atomic E-state index is 0.144. The van der Waals surface area contributed by atoms with Gasteiger partial charge >= 0.3 is 0 Å². The van der Waals surface area contributed by atoms with Crippen molar-refractivity contribution in [2.45, 2.75) is 65.7 Å². The van der Waals surface area contributed by atoms with Gasteiger partial charge in [0.2, 0.25) is 0 Å². The molecule has 0 aliphatic heterocycles. The highest BCUT2D eigenvalue weighted by molar-refractivity contribution is 4.76. The monoisotopic (exact) mass is 233 g/mol. The summed E-state index contributed by atoms with van der Waals surface area (Å²) in [6.07, 6.45) is 3.23. The van der Waals surface area contributed by atoms with Crippen LogP contribution in [0.4, 0.5) is 0 Å². The first kappa shape index (κ1) is 17.9. The number of nitrogens with zero attached hydrogens (tertiary/aromatic N) is 1. The summed E-state index contributed by atoms with van der Waals surface area (Å²) >= 11 is 0. The third-order valence-corrected chi connectivity index (χ3v) is 2.32. The Balaban J connectivity index is 0. The van der Waals surface area contributed by atoms with E-state index >= 15 is 0 Å². The molecule has 4 nitrogen and oxygen atoms in total. The van der Waals surface area contributed by atoms with Gasteiger partial charge in [-0.2, -0.15) is 4.91 Å². The molecule has 1 N–H and O–H groups in total. The van der Waals surface area contributed by atoms with Crippen LogP contribution in [0.15, 0.2) is 5.18 Å². The van der Waals surface area contributed by atoms with Crippen molar-refractivity contribution in [2.24, 2.45) is 11.1 Å². The van der Waals surface area contributed by atoms with E-state index in [1.807, 2.05) is 13.8 Å². The van der Waals surface area contributed by atoms with Gasteiger partial charge in [-0.3, -0.25) is 0 Å². The molecule has 0 heterocycles. The lowest BCUT2D eigenvalue weighted by Crippen LogP contribution is -2.20. The molecule has 1 saturated carbocycles. The quantitative estimate of drug-likeness (QED) is 0.588. The smallest absolute Gasteiger partial charge is 0.159 e. The Labute approximate surface area is 99.4 Å². The molecule has 0 aromatic heterocycles. The summed E-state index contributed by atoms with van der Waals surface area (Å²) in [7, 11) is 1.46. The molecule has 1 aliphatic carbocycles. The van der Waals surface area contributed by atoms with E-state index in [9.17, 15) is 4.91 Å². The predicted molar refractivity (Wildman–Crippen MR) is 67.3 cm³/mol. The Morgan fingerprint density at radius 1 is 1.31 bits per heavy atom. The van der Waals surface area contributed by atoms with Crippen molar-refractivity contribution in [3.05, 3.63) is 4.91 Å². The number of aliphatic hydroxyl groups is 1. The van der Waals surface area contributed by atoms with Crippen LogP contribution in [-0.4, -0.2) is 24.0 Å². The maximum absolute atomic E-state index is 9.90. The first-order valence-electron chi connectivity index (χ1n) is 5.99. The van der Waals surface area contributed by atoms with E-state index in [0.717, 1.165) is 18.8 Å². The lowest BCUT2D eigenvalue weighted by Gasteiger charge is -2.12. The summed E-state index contributed by atoms with van der Waals surface area (Å²) in [4.78, 5) is 9.90. The maximum atomic E-state index is 9.90. The first-order chi connectivity index (χ1) is 7.39. The fourth-order valence-corrected chi connectivity index (χ4v) is 1.27. The number of methoxy groups -OCH3 is 1. The second-order valence-corrected chi connectivity index (χ2v) is 4.33. The van der Waals surface area contributed by atoms with Crippen LogP contribution in [0.5, 0.6) is 0 Å². The average Bonchev–Trinajstić information content (AvgIpc) is 2.67. The zero-order valence-corrected chi connectivity index (χ0v) is 11.5. The number of nitroso groups, excluding NO2 is 1. The van der Waals surface area contributed by atoms with Gasteiger partial charge in [-0.1, -0.05) is 25.9 Å².